The van der Waals surface area contributed by atoms with E-state index in [1.54, 1.807) is 0 Å². The summed E-state index contributed by atoms with van der Waals surface area (Å²) in [5.74, 6) is -0.243. The molecule has 0 atom stereocenters. The fourth-order valence-electron chi connectivity index (χ4n) is 2.36. The van der Waals surface area contributed by atoms with Gasteiger partial charge in [0.2, 0.25) is 5.91 Å². The summed E-state index contributed by atoms with van der Waals surface area (Å²) in [6, 6.07) is 12.7. The van der Waals surface area contributed by atoms with Gasteiger partial charge in [-0.05, 0) is 30.2 Å². The number of aryl methyl sites for hydroxylation is 1. The van der Waals surface area contributed by atoms with E-state index in [9.17, 15) is 18.0 Å². The van der Waals surface area contributed by atoms with Crippen LogP contribution >= 0.6 is 0 Å². The summed E-state index contributed by atoms with van der Waals surface area (Å²) in [5, 5.41) is 5.48. The number of hydrogen-bond acceptors (Lipinski definition) is 2. The second-order valence-corrected chi connectivity index (χ2v) is 5.28. The number of anilines is 2. The van der Waals surface area contributed by atoms with E-state index >= 15 is 0 Å². The Balaban J connectivity index is 1.92. The number of halogens is 3. The maximum Gasteiger partial charge on any atom is 0.418 e. The summed E-state index contributed by atoms with van der Waals surface area (Å²) >= 11 is 0. The Kier molecular flexibility index (Phi) is 5.84. The largest absolute Gasteiger partial charge is 0.418 e. The first-order chi connectivity index (χ1) is 11.4. The van der Waals surface area contributed by atoms with Gasteiger partial charge in [-0.15, -0.1) is 0 Å². The molecule has 2 aromatic carbocycles. The van der Waals surface area contributed by atoms with Gasteiger partial charge >= 0.3 is 6.18 Å². The molecule has 0 fully saturated rings. The molecule has 0 unspecified atom stereocenters. The number of hydrogen-bond donors (Lipinski definition) is 2. The molecule has 0 aliphatic carbocycles. The van der Waals surface area contributed by atoms with Crippen LogP contribution in [0.15, 0.2) is 48.5 Å². The summed E-state index contributed by atoms with van der Waals surface area (Å²) < 4.78 is 38.7. The number of carbonyl (C=O) groups excluding carboxylic acids is 1. The third-order valence-electron chi connectivity index (χ3n) is 3.57. The van der Waals surface area contributed by atoms with Gasteiger partial charge in [0, 0.05) is 24.3 Å². The Morgan fingerprint density at radius 1 is 1.00 bits per heavy atom. The van der Waals surface area contributed by atoms with Crippen molar-refractivity contribution in [3.05, 3.63) is 59.7 Å². The van der Waals surface area contributed by atoms with E-state index in [0.717, 1.165) is 23.7 Å². The maximum atomic E-state index is 12.9. The van der Waals surface area contributed by atoms with Crippen molar-refractivity contribution in [3.8, 4) is 0 Å². The number of amides is 1. The monoisotopic (exact) mass is 336 g/mol. The second-order valence-electron chi connectivity index (χ2n) is 5.28. The summed E-state index contributed by atoms with van der Waals surface area (Å²) in [7, 11) is 0. The Morgan fingerprint density at radius 3 is 2.29 bits per heavy atom. The molecule has 2 rings (SSSR count). The molecule has 0 aliphatic heterocycles. The number of alkyl halides is 3. The maximum absolute atomic E-state index is 12.9. The highest BCUT2D eigenvalue weighted by molar-refractivity contribution is 5.91. The lowest BCUT2D eigenvalue weighted by atomic mass is 10.1. The molecular formula is C18H19F3N2O. The minimum Gasteiger partial charge on any atom is -0.384 e. The normalized spacial score (nSPS) is 11.2. The average Bonchev–Trinajstić information content (AvgIpc) is 2.55. The van der Waals surface area contributed by atoms with Crippen molar-refractivity contribution in [2.75, 3.05) is 17.2 Å². The molecule has 0 aliphatic rings. The molecule has 0 spiro atoms. The molecule has 0 aromatic heterocycles. The van der Waals surface area contributed by atoms with Gasteiger partial charge in [0.15, 0.2) is 0 Å². The molecule has 0 saturated carbocycles. The third-order valence-corrected chi connectivity index (χ3v) is 3.57. The first-order valence-corrected chi connectivity index (χ1v) is 7.69. The van der Waals surface area contributed by atoms with Crippen molar-refractivity contribution in [3.63, 3.8) is 0 Å². The lowest BCUT2D eigenvalue weighted by molar-refractivity contribution is -0.137. The van der Waals surface area contributed by atoms with Crippen LogP contribution in [0.5, 0.6) is 0 Å². The zero-order valence-corrected chi connectivity index (χ0v) is 13.3. The van der Waals surface area contributed by atoms with Crippen molar-refractivity contribution in [2.24, 2.45) is 0 Å². The van der Waals surface area contributed by atoms with Crippen molar-refractivity contribution in [2.45, 2.75) is 25.9 Å². The molecule has 24 heavy (non-hydrogen) atoms. The molecular weight excluding hydrogens is 317 g/mol. The molecule has 3 nitrogen and oxygen atoms in total. The van der Waals surface area contributed by atoms with Crippen LogP contribution in [0.2, 0.25) is 0 Å². The van der Waals surface area contributed by atoms with E-state index in [-0.39, 0.29) is 24.6 Å². The summed E-state index contributed by atoms with van der Waals surface area (Å²) in [6.07, 6.45) is -3.57. The van der Waals surface area contributed by atoms with E-state index in [2.05, 4.69) is 10.6 Å². The van der Waals surface area contributed by atoms with Gasteiger partial charge in [-0.1, -0.05) is 37.3 Å². The zero-order chi connectivity index (χ0) is 17.6. The summed E-state index contributed by atoms with van der Waals surface area (Å²) in [5.41, 5.74) is 0.996. The number of para-hydroxylation sites is 2. The Bertz CT molecular complexity index is 699. The van der Waals surface area contributed by atoms with Crippen LogP contribution in [-0.4, -0.2) is 12.5 Å². The predicted octanol–water partition coefficient (Wildman–Crippen LogP) is 4.71. The van der Waals surface area contributed by atoms with Gasteiger partial charge < -0.3 is 10.6 Å². The zero-order valence-electron chi connectivity index (χ0n) is 13.3. The van der Waals surface area contributed by atoms with E-state index in [4.69, 9.17) is 0 Å². The van der Waals surface area contributed by atoms with Crippen LogP contribution in [0.4, 0.5) is 24.5 Å². The molecule has 1 amide bonds. The van der Waals surface area contributed by atoms with Gasteiger partial charge in [-0.3, -0.25) is 4.79 Å². The standard InChI is InChI=1S/C18H19F3N2O/c1-2-13-7-3-5-9-15(13)23-17(24)11-12-22-16-10-6-4-8-14(16)18(19,20)21/h3-10,22H,2,11-12H2,1H3,(H,23,24). The van der Waals surface area contributed by atoms with Crippen LogP contribution in [0.1, 0.15) is 24.5 Å². The molecule has 0 bridgehead atoms. The minimum atomic E-state index is -4.42. The fraction of sp³-hybridized carbons (Fsp3) is 0.278. The van der Waals surface area contributed by atoms with Gasteiger partial charge in [0.05, 0.1) is 5.56 Å². The predicted molar refractivity (Wildman–Crippen MR) is 89.0 cm³/mol. The first kappa shape index (κ1) is 17.8. The van der Waals surface area contributed by atoms with Crippen molar-refractivity contribution < 1.29 is 18.0 Å². The third kappa shape index (κ3) is 4.75. The molecule has 0 saturated heterocycles. The SMILES string of the molecule is CCc1ccccc1NC(=O)CCNc1ccccc1C(F)(F)F. The van der Waals surface area contributed by atoms with E-state index in [1.165, 1.54) is 18.2 Å². The topological polar surface area (TPSA) is 41.1 Å². The summed E-state index contributed by atoms with van der Waals surface area (Å²) in [6.45, 7) is 2.10. The van der Waals surface area contributed by atoms with Crippen molar-refractivity contribution in [1.29, 1.82) is 0 Å². The van der Waals surface area contributed by atoms with Crippen LogP contribution in [0.3, 0.4) is 0 Å². The highest BCUT2D eigenvalue weighted by atomic mass is 19.4. The Hall–Kier alpha value is -2.50. The van der Waals surface area contributed by atoms with E-state index in [0.29, 0.717) is 0 Å². The average molecular weight is 336 g/mol. The van der Waals surface area contributed by atoms with Crippen molar-refractivity contribution >= 4 is 17.3 Å². The highest BCUT2D eigenvalue weighted by Gasteiger charge is 2.32. The molecule has 128 valence electrons. The summed E-state index contributed by atoms with van der Waals surface area (Å²) in [4.78, 5) is 12.0. The van der Waals surface area contributed by atoms with Crippen LogP contribution in [0.25, 0.3) is 0 Å². The number of rotatable bonds is 6. The van der Waals surface area contributed by atoms with Gasteiger partial charge in [-0.25, -0.2) is 0 Å². The van der Waals surface area contributed by atoms with E-state index < -0.39 is 11.7 Å². The molecule has 0 heterocycles. The molecule has 2 N–H and O–H groups in total. The van der Waals surface area contributed by atoms with Crippen LogP contribution in [-0.2, 0) is 17.4 Å². The number of benzene rings is 2. The highest BCUT2D eigenvalue weighted by Crippen LogP contribution is 2.34. The number of carbonyl (C=O) groups is 1. The molecule has 2 aromatic rings. The second kappa shape index (κ2) is 7.86. The quantitative estimate of drug-likeness (QED) is 0.802. The van der Waals surface area contributed by atoms with Crippen LogP contribution in [0, 0.1) is 0 Å². The molecule has 6 heteroatoms. The minimum absolute atomic E-state index is 0.0215. The number of nitrogens with one attached hydrogen (secondary N) is 2. The van der Waals surface area contributed by atoms with Gasteiger partial charge in [0.1, 0.15) is 0 Å². The van der Waals surface area contributed by atoms with Crippen molar-refractivity contribution in [1.82, 2.24) is 0 Å². The Labute approximate surface area is 138 Å². The van der Waals surface area contributed by atoms with Gasteiger partial charge in [-0.2, -0.15) is 13.2 Å². The Morgan fingerprint density at radius 2 is 1.62 bits per heavy atom. The van der Waals surface area contributed by atoms with E-state index in [1.807, 2.05) is 31.2 Å². The lowest BCUT2D eigenvalue weighted by Gasteiger charge is -2.14. The first-order valence-electron chi connectivity index (χ1n) is 7.69. The van der Waals surface area contributed by atoms with Gasteiger partial charge in [0.25, 0.3) is 0 Å². The fourth-order valence-corrected chi connectivity index (χ4v) is 2.36. The lowest BCUT2D eigenvalue weighted by Crippen LogP contribution is -2.18. The van der Waals surface area contributed by atoms with Crippen LogP contribution < -0.4 is 10.6 Å². The molecule has 0 radical (unpaired) electrons. The smallest absolute Gasteiger partial charge is 0.384 e.